The van der Waals surface area contributed by atoms with Gasteiger partial charge < -0.3 is 26.6 Å². The van der Waals surface area contributed by atoms with Crippen LogP contribution in [0.4, 0.5) is 5.82 Å². The van der Waals surface area contributed by atoms with Crippen LogP contribution in [-0.2, 0) is 30.5 Å². The number of nitrogens with zero attached hydrogens (tertiary/aromatic N) is 1. The summed E-state index contributed by atoms with van der Waals surface area (Å²) in [6.45, 7) is 11.5. The topological polar surface area (TPSA) is 175 Å². The van der Waals surface area contributed by atoms with Crippen molar-refractivity contribution in [2.24, 2.45) is 11.3 Å². The average Bonchev–Trinajstić information content (AvgIpc) is 2.92. The zero-order valence-corrected chi connectivity index (χ0v) is 25.0. The van der Waals surface area contributed by atoms with Crippen LogP contribution < -0.4 is 26.6 Å². The molecule has 0 aliphatic rings. The maximum atomic E-state index is 13.3. The lowest BCUT2D eigenvalue weighted by Gasteiger charge is -2.31. The third-order valence-corrected chi connectivity index (χ3v) is 6.25. The summed E-state index contributed by atoms with van der Waals surface area (Å²) < 4.78 is 0. The summed E-state index contributed by atoms with van der Waals surface area (Å²) in [5, 5.41) is 12.9. The van der Waals surface area contributed by atoms with Gasteiger partial charge in [0, 0.05) is 25.2 Å². The number of anilines is 1. The number of amides is 5. The van der Waals surface area contributed by atoms with Crippen molar-refractivity contribution in [2.75, 3.05) is 5.32 Å². The van der Waals surface area contributed by atoms with Gasteiger partial charge in [0.15, 0.2) is 0 Å². The number of nitrogens with one attached hydrogen (secondary N) is 5. The molecule has 42 heavy (non-hydrogen) atoms. The molecule has 1 aromatic heterocycles. The highest BCUT2D eigenvalue weighted by Crippen LogP contribution is 2.20. The van der Waals surface area contributed by atoms with E-state index in [0.717, 1.165) is 5.56 Å². The van der Waals surface area contributed by atoms with Gasteiger partial charge in [-0.2, -0.15) is 0 Å². The van der Waals surface area contributed by atoms with Gasteiger partial charge >= 0.3 is 0 Å². The lowest BCUT2D eigenvalue weighted by Crippen LogP contribution is -2.59. The van der Waals surface area contributed by atoms with Gasteiger partial charge in [0.2, 0.25) is 23.5 Å². The van der Waals surface area contributed by atoms with Crippen molar-refractivity contribution >= 4 is 41.1 Å². The fraction of sp³-hybridized carbons (Fsp3) is 0.433. The van der Waals surface area contributed by atoms with Gasteiger partial charge in [-0.15, -0.1) is 0 Å². The van der Waals surface area contributed by atoms with Crippen molar-refractivity contribution < 1.29 is 28.8 Å². The minimum atomic E-state index is -1.12. The number of benzene rings is 1. The molecule has 0 aliphatic carbocycles. The van der Waals surface area contributed by atoms with Crippen molar-refractivity contribution in [3.63, 3.8) is 0 Å². The molecule has 3 atom stereocenters. The summed E-state index contributed by atoms with van der Waals surface area (Å²) in [5.41, 5.74) is 0.236. The predicted octanol–water partition coefficient (Wildman–Crippen LogP) is 1.72. The average molecular weight is 581 g/mol. The number of carbonyl (C=O) groups is 6. The zero-order valence-electron chi connectivity index (χ0n) is 25.0. The Balaban J connectivity index is 2.06. The van der Waals surface area contributed by atoms with Crippen molar-refractivity contribution in [3.05, 3.63) is 59.8 Å². The van der Waals surface area contributed by atoms with E-state index in [9.17, 15) is 28.8 Å². The van der Waals surface area contributed by atoms with E-state index in [4.69, 9.17) is 0 Å². The number of aromatic nitrogens is 1. The lowest BCUT2D eigenvalue weighted by molar-refractivity contribution is -0.141. The number of pyridine rings is 1. The van der Waals surface area contributed by atoms with Gasteiger partial charge in [-0.1, -0.05) is 65.0 Å². The molecule has 12 heteroatoms. The highest BCUT2D eigenvalue weighted by molar-refractivity contribution is 6.38. The first-order chi connectivity index (χ1) is 19.6. The Labute approximate surface area is 245 Å². The molecule has 5 amide bonds. The lowest BCUT2D eigenvalue weighted by atomic mass is 9.85. The minimum absolute atomic E-state index is 0.157. The fourth-order valence-corrected chi connectivity index (χ4v) is 3.89. The van der Waals surface area contributed by atoms with E-state index in [1.54, 1.807) is 34.6 Å². The Morgan fingerprint density at radius 3 is 2.07 bits per heavy atom. The number of rotatable bonds is 12. The van der Waals surface area contributed by atoms with Crippen LogP contribution in [0.5, 0.6) is 0 Å². The van der Waals surface area contributed by atoms with E-state index >= 15 is 0 Å². The smallest absolute Gasteiger partial charge is 0.289 e. The molecule has 0 radical (unpaired) electrons. The molecule has 0 spiro atoms. The van der Waals surface area contributed by atoms with Gasteiger partial charge in [-0.3, -0.25) is 28.8 Å². The molecule has 0 unspecified atom stereocenters. The van der Waals surface area contributed by atoms with Crippen LogP contribution in [0.15, 0.2) is 48.7 Å². The molecular weight excluding hydrogens is 540 g/mol. The number of hydrogen-bond acceptors (Lipinski definition) is 7. The Kier molecular flexibility index (Phi) is 11.9. The van der Waals surface area contributed by atoms with E-state index in [1.165, 1.54) is 32.2 Å². The van der Waals surface area contributed by atoms with Gasteiger partial charge in [-0.05, 0) is 36.0 Å². The summed E-state index contributed by atoms with van der Waals surface area (Å²) >= 11 is 0. The number of hydrogen-bond donors (Lipinski definition) is 5. The van der Waals surface area contributed by atoms with Gasteiger partial charge in [0.25, 0.3) is 11.8 Å². The van der Waals surface area contributed by atoms with Crippen LogP contribution in [0.2, 0.25) is 0 Å². The second-order valence-electron chi connectivity index (χ2n) is 11.4. The Morgan fingerprint density at radius 1 is 0.857 bits per heavy atom. The molecule has 226 valence electrons. The third-order valence-electron chi connectivity index (χ3n) is 6.25. The second-order valence-corrected chi connectivity index (χ2v) is 11.4. The first kappa shape index (κ1) is 33.6. The Morgan fingerprint density at radius 2 is 1.50 bits per heavy atom. The normalized spacial score (nSPS) is 13.2. The maximum Gasteiger partial charge on any atom is 0.289 e. The molecular formula is C30H40N6O6. The van der Waals surface area contributed by atoms with E-state index in [-0.39, 0.29) is 23.8 Å². The Bertz CT molecular complexity index is 1300. The number of carbonyl (C=O) groups excluding carboxylic acids is 6. The number of ketones is 1. The van der Waals surface area contributed by atoms with Crippen LogP contribution in [0, 0.1) is 11.3 Å². The zero-order chi connectivity index (χ0) is 31.6. The van der Waals surface area contributed by atoms with Crippen LogP contribution in [0.25, 0.3) is 0 Å². The van der Waals surface area contributed by atoms with Crippen molar-refractivity contribution in [1.82, 2.24) is 26.3 Å². The maximum absolute atomic E-state index is 13.3. The molecule has 2 rings (SSSR count). The SMILES string of the molecule is CC(=O)Nc1cc(C(=O)N[C@H](C(=O)N[C@@H](C)C(=O)N[C@H](C(=O)C(=O)NCc2ccccc2)C(C)C)C(C)(C)C)ccn1. The summed E-state index contributed by atoms with van der Waals surface area (Å²) in [7, 11) is 0. The van der Waals surface area contributed by atoms with E-state index in [1.807, 2.05) is 30.3 Å². The molecule has 1 heterocycles. The van der Waals surface area contributed by atoms with Crippen molar-refractivity contribution in [3.8, 4) is 0 Å². The van der Waals surface area contributed by atoms with Crippen molar-refractivity contribution in [1.29, 1.82) is 0 Å². The molecule has 0 saturated heterocycles. The largest absolute Gasteiger partial charge is 0.345 e. The molecule has 2 aromatic rings. The summed E-state index contributed by atoms with van der Waals surface area (Å²) in [5.74, 6) is -4.08. The van der Waals surface area contributed by atoms with E-state index in [0.29, 0.717) is 0 Å². The fourth-order valence-electron chi connectivity index (χ4n) is 3.89. The van der Waals surface area contributed by atoms with Crippen LogP contribution >= 0.6 is 0 Å². The quantitative estimate of drug-likeness (QED) is 0.237. The molecule has 0 bridgehead atoms. The Hall–Kier alpha value is -4.61. The summed E-state index contributed by atoms with van der Waals surface area (Å²) in [4.78, 5) is 80.0. The van der Waals surface area contributed by atoms with E-state index < -0.39 is 58.9 Å². The van der Waals surface area contributed by atoms with Crippen molar-refractivity contribution in [2.45, 2.75) is 73.1 Å². The van der Waals surface area contributed by atoms with E-state index in [2.05, 4.69) is 31.6 Å². The number of Topliss-reactive ketones (excluding diaryl/α,β-unsaturated/α-hetero) is 1. The van der Waals surface area contributed by atoms with Crippen LogP contribution in [0.3, 0.4) is 0 Å². The van der Waals surface area contributed by atoms with Gasteiger partial charge in [0.1, 0.15) is 17.9 Å². The van der Waals surface area contributed by atoms with Crippen LogP contribution in [-0.4, -0.2) is 58.4 Å². The molecule has 0 saturated carbocycles. The predicted molar refractivity (Wildman–Crippen MR) is 157 cm³/mol. The summed E-state index contributed by atoms with van der Waals surface area (Å²) in [6.07, 6.45) is 1.35. The minimum Gasteiger partial charge on any atom is -0.345 e. The highest BCUT2D eigenvalue weighted by Gasteiger charge is 2.36. The molecule has 1 aromatic carbocycles. The molecule has 0 fully saturated rings. The summed E-state index contributed by atoms with van der Waals surface area (Å²) in [6, 6.07) is 8.64. The van der Waals surface area contributed by atoms with Gasteiger partial charge in [0.05, 0.1) is 6.04 Å². The second kappa shape index (κ2) is 14.9. The van der Waals surface area contributed by atoms with Gasteiger partial charge in [-0.25, -0.2) is 4.98 Å². The first-order valence-corrected chi connectivity index (χ1v) is 13.6. The molecule has 5 N–H and O–H groups in total. The molecule has 0 aliphatic heterocycles. The highest BCUT2D eigenvalue weighted by atomic mass is 16.2. The van der Waals surface area contributed by atoms with Crippen LogP contribution in [0.1, 0.15) is 64.4 Å². The third kappa shape index (κ3) is 10.1. The standard InChI is InChI=1S/C30H40N6O6/c1-17(2)23(24(38)28(41)32-16-20-11-9-8-10-12-20)35-26(39)18(3)33-29(42)25(30(5,6)7)36-27(40)21-13-14-31-22(15-21)34-19(4)37/h8-15,17-18,23,25H,16H2,1-7H3,(H,32,41)(H,33,42)(H,35,39)(H,36,40)(H,31,34,37)/t18-,23-,25+/m0/s1. The first-order valence-electron chi connectivity index (χ1n) is 13.6. The molecule has 12 nitrogen and oxygen atoms in total. The monoisotopic (exact) mass is 580 g/mol.